The lowest BCUT2D eigenvalue weighted by Gasteiger charge is -2.34. The Morgan fingerprint density at radius 2 is 2.10 bits per heavy atom. The van der Waals surface area contributed by atoms with Crippen LogP contribution < -0.4 is 11.1 Å². The molecule has 5 heteroatoms. The van der Waals surface area contributed by atoms with Gasteiger partial charge in [0.25, 0.3) is 0 Å². The maximum Gasteiger partial charge on any atom is 0.234 e. The first kappa shape index (κ1) is 15.4. The van der Waals surface area contributed by atoms with Gasteiger partial charge in [-0.15, -0.1) is 0 Å². The zero-order chi connectivity index (χ0) is 15.3. The van der Waals surface area contributed by atoms with Crippen LogP contribution in [0.15, 0.2) is 29.4 Å². The van der Waals surface area contributed by atoms with E-state index in [4.69, 9.17) is 10.9 Å². The molecule has 1 aliphatic rings. The van der Waals surface area contributed by atoms with Crippen LogP contribution in [0.5, 0.6) is 0 Å². The summed E-state index contributed by atoms with van der Waals surface area (Å²) in [6, 6.07) is 8.00. The Hall–Kier alpha value is -2.04. The number of amides is 1. The highest BCUT2D eigenvalue weighted by Gasteiger charge is 2.43. The molecule has 4 N–H and O–H groups in total. The van der Waals surface area contributed by atoms with Crippen LogP contribution in [0.1, 0.15) is 43.2 Å². The second-order valence-corrected chi connectivity index (χ2v) is 5.80. The molecule has 1 aromatic carbocycles. The number of carbonyl (C=O) groups is 1. The average Bonchev–Trinajstić information content (AvgIpc) is 2.52. The normalized spacial score (nSPS) is 18.2. The summed E-state index contributed by atoms with van der Waals surface area (Å²) in [6.45, 7) is 2.48. The number of oxime groups is 1. The van der Waals surface area contributed by atoms with Gasteiger partial charge in [-0.3, -0.25) is 4.79 Å². The van der Waals surface area contributed by atoms with E-state index < -0.39 is 5.41 Å². The number of nitrogens with two attached hydrogens (primary N) is 1. The Morgan fingerprint density at radius 3 is 2.71 bits per heavy atom. The number of nitrogens with one attached hydrogen (secondary N) is 1. The van der Waals surface area contributed by atoms with Gasteiger partial charge < -0.3 is 16.3 Å². The van der Waals surface area contributed by atoms with Gasteiger partial charge in [-0.25, -0.2) is 0 Å². The number of hydrogen-bond acceptors (Lipinski definition) is 3. The first-order valence-electron chi connectivity index (χ1n) is 7.40. The molecule has 1 amide bonds. The average molecular weight is 289 g/mol. The Kier molecular flexibility index (Phi) is 4.83. The molecular weight excluding hydrogens is 266 g/mol. The number of carbonyl (C=O) groups excluding carboxylic acids is 1. The minimum Gasteiger partial charge on any atom is -0.409 e. The minimum atomic E-state index is -0.850. The monoisotopic (exact) mass is 289 g/mol. The van der Waals surface area contributed by atoms with Crippen LogP contribution in [0.2, 0.25) is 0 Å². The van der Waals surface area contributed by atoms with Crippen LogP contribution in [0.3, 0.4) is 0 Å². The molecular formula is C16H23N3O2. The van der Waals surface area contributed by atoms with Gasteiger partial charge in [0.15, 0.2) is 5.84 Å². The molecule has 5 nitrogen and oxygen atoms in total. The van der Waals surface area contributed by atoms with Crippen molar-refractivity contribution < 1.29 is 10.0 Å². The van der Waals surface area contributed by atoms with Gasteiger partial charge >= 0.3 is 0 Å². The summed E-state index contributed by atoms with van der Waals surface area (Å²) in [5.41, 5.74) is 7.17. The predicted octanol–water partition coefficient (Wildman–Crippen LogP) is 2.31. The number of rotatable bonds is 4. The van der Waals surface area contributed by atoms with E-state index in [1.807, 2.05) is 31.2 Å². The second-order valence-electron chi connectivity index (χ2n) is 5.80. The summed E-state index contributed by atoms with van der Waals surface area (Å²) in [4.78, 5) is 12.6. The molecule has 1 aromatic rings. The zero-order valence-corrected chi connectivity index (χ0v) is 12.4. The van der Waals surface area contributed by atoms with Gasteiger partial charge in [-0.05, 0) is 25.3 Å². The van der Waals surface area contributed by atoms with Crippen molar-refractivity contribution in [2.75, 3.05) is 0 Å². The van der Waals surface area contributed by atoms with Gasteiger partial charge in [0.1, 0.15) is 5.41 Å². The van der Waals surface area contributed by atoms with Crippen LogP contribution >= 0.6 is 0 Å². The number of amidine groups is 1. The summed E-state index contributed by atoms with van der Waals surface area (Å²) >= 11 is 0. The highest BCUT2D eigenvalue weighted by molar-refractivity contribution is 6.06. The van der Waals surface area contributed by atoms with Gasteiger partial charge in [-0.1, -0.05) is 54.2 Å². The summed E-state index contributed by atoms with van der Waals surface area (Å²) in [7, 11) is 0. The van der Waals surface area contributed by atoms with E-state index in [2.05, 4.69) is 10.5 Å². The Morgan fingerprint density at radius 1 is 1.38 bits per heavy atom. The smallest absolute Gasteiger partial charge is 0.234 e. The fraction of sp³-hybridized carbons (Fsp3) is 0.500. The van der Waals surface area contributed by atoms with E-state index in [-0.39, 0.29) is 11.7 Å². The van der Waals surface area contributed by atoms with Crippen molar-refractivity contribution in [3.8, 4) is 0 Å². The SMILES string of the molecule is Cc1cccc(CNC(=O)C2(C(N)=NO)CCCCC2)c1. The molecule has 0 aliphatic heterocycles. The second kappa shape index (κ2) is 6.61. The van der Waals surface area contributed by atoms with Crippen LogP contribution in [-0.4, -0.2) is 17.0 Å². The summed E-state index contributed by atoms with van der Waals surface area (Å²) in [5.74, 6) is -0.108. The van der Waals surface area contributed by atoms with Crippen LogP contribution in [-0.2, 0) is 11.3 Å². The zero-order valence-electron chi connectivity index (χ0n) is 12.4. The number of aryl methyl sites for hydroxylation is 1. The van der Waals surface area contributed by atoms with E-state index >= 15 is 0 Å². The lowest BCUT2D eigenvalue weighted by molar-refractivity contribution is -0.129. The summed E-state index contributed by atoms with van der Waals surface area (Å²) < 4.78 is 0. The van der Waals surface area contributed by atoms with E-state index in [0.717, 1.165) is 30.4 Å². The highest BCUT2D eigenvalue weighted by Crippen LogP contribution is 2.36. The van der Waals surface area contributed by atoms with E-state index in [1.54, 1.807) is 0 Å². The third kappa shape index (κ3) is 3.35. The van der Waals surface area contributed by atoms with Crippen LogP contribution in [0.25, 0.3) is 0 Å². The fourth-order valence-electron chi connectivity index (χ4n) is 3.02. The third-order valence-electron chi connectivity index (χ3n) is 4.28. The lowest BCUT2D eigenvalue weighted by Crippen LogP contribution is -2.50. The molecule has 0 saturated heterocycles. The van der Waals surface area contributed by atoms with Crippen molar-refractivity contribution in [3.05, 3.63) is 35.4 Å². The van der Waals surface area contributed by atoms with Gasteiger partial charge in [0.05, 0.1) is 0 Å². The number of benzene rings is 1. The molecule has 1 aliphatic carbocycles. The molecule has 0 aromatic heterocycles. The maximum atomic E-state index is 12.6. The van der Waals surface area contributed by atoms with Crippen molar-refractivity contribution >= 4 is 11.7 Å². The van der Waals surface area contributed by atoms with Crippen molar-refractivity contribution in [2.24, 2.45) is 16.3 Å². The molecule has 21 heavy (non-hydrogen) atoms. The van der Waals surface area contributed by atoms with Gasteiger partial charge in [0.2, 0.25) is 5.91 Å². The molecule has 0 spiro atoms. The molecule has 0 bridgehead atoms. The summed E-state index contributed by atoms with van der Waals surface area (Å²) in [5, 5.41) is 15.1. The minimum absolute atomic E-state index is 0.0314. The van der Waals surface area contributed by atoms with Crippen LogP contribution in [0.4, 0.5) is 0 Å². The maximum absolute atomic E-state index is 12.6. The first-order chi connectivity index (χ1) is 10.1. The first-order valence-corrected chi connectivity index (χ1v) is 7.40. The quantitative estimate of drug-likeness (QED) is 0.344. The third-order valence-corrected chi connectivity index (χ3v) is 4.28. The lowest BCUT2D eigenvalue weighted by atomic mass is 9.72. The molecule has 1 saturated carbocycles. The van der Waals surface area contributed by atoms with E-state index in [9.17, 15) is 4.79 Å². The molecule has 1 fully saturated rings. The molecule has 2 rings (SSSR count). The highest BCUT2D eigenvalue weighted by atomic mass is 16.4. The number of hydrogen-bond donors (Lipinski definition) is 3. The standard InChI is InChI=1S/C16H23N3O2/c1-12-6-5-7-13(10-12)11-18-15(20)16(14(17)19-21)8-3-2-4-9-16/h5-7,10,21H,2-4,8-9,11H2,1H3,(H2,17,19)(H,18,20). The predicted molar refractivity (Wildman–Crippen MR) is 82.0 cm³/mol. The largest absolute Gasteiger partial charge is 0.409 e. The fourth-order valence-corrected chi connectivity index (χ4v) is 3.02. The Labute approximate surface area is 125 Å². The van der Waals surface area contributed by atoms with Gasteiger partial charge in [-0.2, -0.15) is 0 Å². The van der Waals surface area contributed by atoms with Crippen molar-refractivity contribution in [1.82, 2.24) is 5.32 Å². The molecule has 0 unspecified atom stereocenters. The van der Waals surface area contributed by atoms with Crippen molar-refractivity contribution in [3.63, 3.8) is 0 Å². The Bertz CT molecular complexity index is 534. The molecule has 0 heterocycles. The topological polar surface area (TPSA) is 87.7 Å². The van der Waals surface area contributed by atoms with E-state index in [0.29, 0.717) is 19.4 Å². The Balaban J connectivity index is 2.09. The number of nitrogens with zero attached hydrogens (tertiary/aromatic N) is 1. The van der Waals surface area contributed by atoms with Crippen LogP contribution in [0, 0.1) is 12.3 Å². The molecule has 0 atom stereocenters. The van der Waals surface area contributed by atoms with E-state index in [1.165, 1.54) is 0 Å². The van der Waals surface area contributed by atoms with Crippen molar-refractivity contribution in [2.45, 2.75) is 45.6 Å². The summed E-state index contributed by atoms with van der Waals surface area (Å²) in [6.07, 6.45) is 4.22. The molecule has 0 radical (unpaired) electrons. The van der Waals surface area contributed by atoms with Crippen molar-refractivity contribution in [1.29, 1.82) is 0 Å². The van der Waals surface area contributed by atoms with Gasteiger partial charge in [0, 0.05) is 6.54 Å². The molecule has 114 valence electrons.